The molecule has 0 atom stereocenters. The predicted octanol–water partition coefficient (Wildman–Crippen LogP) is 3.23. The fourth-order valence-corrected chi connectivity index (χ4v) is 4.61. The largest absolute Gasteiger partial charge is 0.383 e. The van der Waals surface area contributed by atoms with Crippen molar-refractivity contribution in [1.82, 2.24) is 15.1 Å². The minimum Gasteiger partial charge on any atom is -0.383 e. The average molecular weight is 461 g/mol. The molecule has 0 fully saturated rings. The van der Waals surface area contributed by atoms with Crippen LogP contribution in [-0.4, -0.2) is 75.8 Å². The van der Waals surface area contributed by atoms with Gasteiger partial charge in [-0.3, -0.25) is 0 Å². The van der Waals surface area contributed by atoms with E-state index in [1.165, 1.54) is 0 Å². The van der Waals surface area contributed by atoms with E-state index < -0.39 is 9.84 Å². The van der Waals surface area contributed by atoms with Gasteiger partial charge in [0.05, 0.1) is 10.6 Å². The van der Waals surface area contributed by atoms with Crippen LogP contribution in [0.1, 0.15) is 19.4 Å². The summed E-state index contributed by atoms with van der Waals surface area (Å²) in [5, 5.41) is 6.24. The van der Waals surface area contributed by atoms with Gasteiger partial charge in [0, 0.05) is 38.4 Å². The number of rotatable bonds is 13. The predicted molar refractivity (Wildman–Crippen MR) is 131 cm³/mol. The minimum absolute atomic E-state index is 0.107. The molecular formula is C24H36N4O3S. The summed E-state index contributed by atoms with van der Waals surface area (Å²) in [6, 6.07) is 16.1. The van der Waals surface area contributed by atoms with Gasteiger partial charge in [0.25, 0.3) is 0 Å². The van der Waals surface area contributed by atoms with E-state index in [1.54, 1.807) is 35.2 Å². The number of likely N-dealkylation sites (N-methyl/N-ethyl adjacent to an activating group) is 1. The first-order valence-corrected chi connectivity index (χ1v) is 12.8. The standard InChI is InChI=1S/C24H36N4O3S/c1-4-27(5-2)17-18-28(19-20-32(30,31)22-12-7-6-8-13-22)24(29)26-16-15-25-23-14-10-9-11-21(23)3/h6-14,25H,4-5,15-20H2,1-3H3,(H,26,29). The summed E-state index contributed by atoms with van der Waals surface area (Å²) in [7, 11) is -3.45. The summed E-state index contributed by atoms with van der Waals surface area (Å²) >= 11 is 0. The molecule has 0 bridgehead atoms. The van der Waals surface area contributed by atoms with Crippen molar-refractivity contribution in [3.8, 4) is 0 Å². The molecular weight excluding hydrogens is 424 g/mol. The van der Waals surface area contributed by atoms with Gasteiger partial charge in [-0.1, -0.05) is 50.2 Å². The van der Waals surface area contributed by atoms with E-state index in [1.807, 2.05) is 31.2 Å². The Kier molecular flexibility index (Phi) is 10.5. The number of para-hydroxylation sites is 1. The van der Waals surface area contributed by atoms with Crippen LogP contribution in [0.2, 0.25) is 0 Å². The summed E-state index contributed by atoms with van der Waals surface area (Å²) in [6.07, 6.45) is 0. The van der Waals surface area contributed by atoms with E-state index in [2.05, 4.69) is 29.4 Å². The summed E-state index contributed by atoms with van der Waals surface area (Å²) in [6.45, 7) is 10.3. The monoisotopic (exact) mass is 460 g/mol. The molecule has 0 heterocycles. The lowest BCUT2D eigenvalue weighted by molar-refractivity contribution is 0.189. The van der Waals surface area contributed by atoms with Crippen molar-refractivity contribution in [3.63, 3.8) is 0 Å². The molecule has 176 valence electrons. The molecule has 0 aliphatic rings. The maximum atomic E-state index is 12.8. The number of carbonyl (C=O) groups excluding carboxylic acids is 1. The Morgan fingerprint density at radius 1 is 0.875 bits per heavy atom. The molecule has 2 aromatic carbocycles. The molecule has 0 aliphatic heterocycles. The number of anilines is 1. The van der Waals surface area contributed by atoms with Gasteiger partial charge in [0.15, 0.2) is 9.84 Å². The number of aryl methyl sites for hydroxylation is 1. The van der Waals surface area contributed by atoms with Gasteiger partial charge in [-0.15, -0.1) is 0 Å². The van der Waals surface area contributed by atoms with Crippen molar-refractivity contribution in [2.24, 2.45) is 0 Å². The summed E-state index contributed by atoms with van der Waals surface area (Å²) in [5.41, 5.74) is 2.18. The van der Waals surface area contributed by atoms with Crippen LogP contribution in [0.15, 0.2) is 59.5 Å². The van der Waals surface area contributed by atoms with Crippen LogP contribution in [0.4, 0.5) is 10.5 Å². The number of benzene rings is 2. The Morgan fingerprint density at radius 2 is 1.53 bits per heavy atom. The van der Waals surface area contributed by atoms with Crippen molar-refractivity contribution in [1.29, 1.82) is 0 Å². The third-order valence-corrected chi connectivity index (χ3v) is 7.17. The smallest absolute Gasteiger partial charge is 0.317 e. The summed E-state index contributed by atoms with van der Waals surface area (Å²) in [4.78, 5) is 16.9. The van der Waals surface area contributed by atoms with E-state index >= 15 is 0 Å². The zero-order valence-corrected chi connectivity index (χ0v) is 20.2. The minimum atomic E-state index is -3.45. The van der Waals surface area contributed by atoms with Crippen LogP contribution in [0.25, 0.3) is 0 Å². The SMILES string of the molecule is CCN(CC)CCN(CCS(=O)(=O)c1ccccc1)C(=O)NCCNc1ccccc1C. The van der Waals surface area contributed by atoms with Gasteiger partial charge in [0.1, 0.15) is 0 Å². The van der Waals surface area contributed by atoms with Gasteiger partial charge in [-0.05, 0) is 43.8 Å². The lowest BCUT2D eigenvalue weighted by Gasteiger charge is -2.27. The second kappa shape index (κ2) is 13.1. The molecule has 0 saturated carbocycles. The summed E-state index contributed by atoms with van der Waals surface area (Å²) < 4.78 is 25.4. The fourth-order valence-electron chi connectivity index (χ4n) is 3.34. The highest BCUT2D eigenvalue weighted by Gasteiger charge is 2.20. The molecule has 2 aromatic rings. The second-order valence-electron chi connectivity index (χ2n) is 7.62. The molecule has 2 rings (SSSR count). The molecule has 32 heavy (non-hydrogen) atoms. The van der Waals surface area contributed by atoms with Crippen molar-refractivity contribution >= 4 is 21.6 Å². The lowest BCUT2D eigenvalue weighted by atomic mass is 10.2. The van der Waals surface area contributed by atoms with E-state index in [4.69, 9.17) is 0 Å². The van der Waals surface area contributed by atoms with Crippen LogP contribution in [-0.2, 0) is 9.84 Å². The van der Waals surface area contributed by atoms with Crippen LogP contribution in [0.5, 0.6) is 0 Å². The molecule has 0 radical (unpaired) electrons. The lowest BCUT2D eigenvalue weighted by Crippen LogP contribution is -2.46. The summed E-state index contributed by atoms with van der Waals surface area (Å²) in [5.74, 6) is -0.107. The van der Waals surface area contributed by atoms with Crippen molar-refractivity contribution in [2.75, 3.05) is 56.9 Å². The zero-order valence-electron chi connectivity index (χ0n) is 19.4. The maximum Gasteiger partial charge on any atom is 0.317 e. The van der Waals surface area contributed by atoms with Gasteiger partial charge in [-0.25, -0.2) is 13.2 Å². The zero-order chi connectivity index (χ0) is 23.4. The average Bonchev–Trinajstić information content (AvgIpc) is 2.80. The van der Waals surface area contributed by atoms with Gasteiger partial charge < -0.3 is 20.4 Å². The van der Waals surface area contributed by atoms with Gasteiger partial charge >= 0.3 is 6.03 Å². The molecule has 2 N–H and O–H groups in total. The number of nitrogens with zero attached hydrogens (tertiary/aromatic N) is 2. The van der Waals surface area contributed by atoms with E-state index in [-0.39, 0.29) is 23.2 Å². The Bertz CT molecular complexity index is 931. The maximum absolute atomic E-state index is 12.8. The van der Waals surface area contributed by atoms with Gasteiger partial charge in [0.2, 0.25) is 0 Å². The van der Waals surface area contributed by atoms with E-state index in [0.29, 0.717) is 26.2 Å². The quantitative estimate of drug-likeness (QED) is 0.449. The fraction of sp³-hybridized carbons (Fsp3) is 0.458. The Morgan fingerprint density at radius 3 is 2.19 bits per heavy atom. The molecule has 0 spiro atoms. The highest BCUT2D eigenvalue weighted by atomic mass is 32.2. The van der Waals surface area contributed by atoms with Gasteiger partial charge in [-0.2, -0.15) is 0 Å². The van der Waals surface area contributed by atoms with Crippen LogP contribution >= 0.6 is 0 Å². The number of hydrogen-bond donors (Lipinski definition) is 2. The molecule has 0 aliphatic carbocycles. The number of sulfone groups is 1. The molecule has 7 nitrogen and oxygen atoms in total. The first-order valence-electron chi connectivity index (χ1n) is 11.2. The number of hydrogen-bond acceptors (Lipinski definition) is 5. The van der Waals surface area contributed by atoms with Crippen molar-refractivity contribution in [3.05, 3.63) is 60.2 Å². The molecule has 0 unspecified atom stereocenters. The highest BCUT2D eigenvalue weighted by molar-refractivity contribution is 7.91. The first kappa shape index (κ1) is 25.7. The number of urea groups is 1. The highest BCUT2D eigenvalue weighted by Crippen LogP contribution is 2.12. The van der Waals surface area contributed by atoms with E-state index in [0.717, 1.165) is 24.3 Å². The van der Waals surface area contributed by atoms with Crippen LogP contribution in [0, 0.1) is 6.92 Å². The van der Waals surface area contributed by atoms with Crippen molar-refractivity contribution in [2.45, 2.75) is 25.7 Å². The normalized spacial score (nSPS) is 11.4. The number of amides is 2. The van der Waals surface area contributed by atoms with Crippen LogP contribution < -0.4 is 10.6 Å². The Balaban J connectivity index is 1.93. The number of nitrogens with one attached hydrogen (secondary N) is 2. The number of carbonyl (C=O) groups is 1. The molecule has 2 amide bonds. The molecule has 0 aromatic heterocycles. The molecule has 8 heteroatoms. The van der Waals surface area contributed by atoms with Crippen molar-refractivity contribution < 1.29 is 13.2 Å². The third-order valence-electron chi connectivity index (χ3n) is 5.46. The topological polar surface area (TPSA) is 81.8 Å². The second-order valence-corrected chi connectivity index (χ2v) is 9.73. The third kappa shape index (κ3) is 8.16. The Labute approximate surface area is 192 Å². The van der Waals surface area contributed by atoms with Crippen LogP contribution in [0.3, 0.4) is 0 Å². The Hall–Kier alpha value is -2.58. The molecule has 0 saturated heterocycles. The van der Waals surface area contributed by atoms with E-state index in [9.17, 15) is 13.2 Å². The first-order chi connectivity index (χ1) is 15.4.